The molecule has 88 valence electrons. The van der Waals surface area contributed by atoms with Gasteiger partial charge in [0, 0.05) is 25.7 Å². The van der Waals surface area contributed by atoms with Gasteiger partial charge in [-0.15, -0.1) is 0 Å². The third-order valence-electron chi connectivity index (χ3n) is 3.07. The van der Waals surface area contributed by atoms with Crippen LogP contribution in [-0.2, 0) is 20.0 Å². The second kappa shape index (κ2) is 4.25. The monoisotopic (exact) mass is 223 g/mol. The minimum atomic E-state index is -0.916. The number of aromatic nitrogens is 2. The number of hydrogen-bond donors (Lipinski definition) is 1. The van der Waals surface area contributed by atoms with Crippen LogP contribution in [0.15, 0.2) is 0 Å². The first-order valence-electron chi connectivity index (χ1n) is 5.64. The molecule has 1 aliphatic heterocycles. The molecule has 0 spiro atoms. The highest BCUT2D eigenvalue weighted by molar-refractivity contribution is 5.87. The van der Waals surface area contributed by atoms with E-state index in [2.05, 4.69) is 16.9 Å². The average molecular weight is 223 g/mol. The predicted octanol–water partition coefficient (Wildman–Crippen LogP) is 0.886. The highest BCUT2D eigenvalue weighted by Crippen LogP contribution is 2.21. The summed E-state index contributed by atoms with van der Waals surface area (Å²) in [4.78, 5) is 13.3. The average Bonchev–Trinajstić information content (AvgIpc) is 2.57. The van der Waals surface area contributed by atoms with Gasteiger partial charge in [0.1, 0.15) is 0 Å². The molecule has 0 aromatic carbocycles. The minimum absolute atomic E-state index is 0.230. The molecule has 0 amide bonds. The van der Waals surface area contributed by atoms with Gasteiger partial charge < -0.3 is 5.11 Å². The van der Waals surface area contributed by atoms with Gasteiger partial charge in [0.25, 0.3) is 0 Å². The quantitative estimate of drug-likeness (QED) is 0.826. The normalized spacial score (nSPS) is 16.1. The standard InChI is InChI=1S/C11H17N3O2/c1-3-5-14-6-4-8-9(7-14)13(2)12-10(8)11(15)16/h3-7H2,1-2H3,(H,15,16). The van der Waals surface area contributed by atoms with Crippen molar-refractivity contribution in [1.29, 1.82) is 0 Å². The molecule has 0 saturated heterocycles. The highest BCUT2D eigenvalue weighted by atomic mass is 16.4. The van der Waals surface area contributed by atoms with Gasteiger partial charge in [0.2, 0.25) is 0 Å². The first kappa shape index (κ1) is 11.1. The Morgan fingerprint density at radius 3 is 2.94 bits per heavy atom. The lowest BCUT2D eigenvalue weighted by Gasteiger charge is -2.26. The van der Waals surface area contributed by atoms with E-state index in [1.807, 2.05) is 7.05 Å². The Morgan fingerprint density at radius 1 is 1.56 bits per heavy atom. The zero-order valence-electron chi connectivity index (χ0n) is 9.73. The molecule has 5 heteroatoms. The molecule has 5 nitrogen and oxygen atoms in total. The zero-order chi connectivity index (χ0) is 11.7. The van der Waals surface area contributed by atoms with Gasteiger partial charge >= 0.3 is 5.97 Å². The Balaban J connectivity index is 2.29. The fraction of sp³-hybridized carbons (Fsp3) is 0.636. The summed E-state index contributed by atoms with van der Waals surface area (Å²) >= 11 is 0. The van der Waals surface area contributed by atoms with Gasteiger partial charge in [-0.25, -0.2) is 4.79 Å². The Hall–Kier alpha value is -1.36. The Morgan fingerprint density at radius 2 is 2.31 bits per heavy atom. The molecule has 0 saturated carbocycles. The summed E-state index contributed by atoms with van der Waals surface area (Å²) in [5.41, 5.74) is 2.20. The van der Waals surface area contributed by atoms with E-state index < -0.39 is 5.97 Å². The van der Waals surface area contributed by atoms with Crippen LogP contribution in [0.25, 0.3) is 0 Å². The van der Waals surface area contributed by atoms with Crippen molar-refractivity contribution in [2.24, 2.45) is 7.05 Å². The predicted molar refractivity (Wildman–Crippen MR) is 59.4 cm³/mol. The number of aromatic carboxylic acids is 1. The molecule has 1 N–H and O–H groups in total. The first-order valence-corrected chi connectivity index (χ1v) is 5.64. The number of rotatable bonds is 3. The Kier molecular flexibility index (Phi) is 2.96. The summed E-state index contributed by atoms with van der Waals surface area (Å²) in [5, 5.41) is 13.1. The van der Waals surface area contributed by atoms with E-state index in [1.54, 1.807) is 4.68 Å². The highest BCUT2D eigenvalue weighted by Gasteiger charge is 2.26. The van der Waals surface area contributed by atoms with Crippen LogP contribution < -0.4 is 0 Å². The van der Waals surface area contributed by atoms with Crippen LogP contribution in [0.3, 0.4) is 0 Å². The van der Waals surface area contributed by atoms with E-state index in [9.17, 15) is 4.79 Å². The number of carboxylic acids is 1. The minimum Gasteiger partial charge on any atom is -0.476 e. The third-order valence-corrected chi connectivity index (χ3v) is 3.07. The van der Waals surface area contributed by atoms with E-state index in [0.717, 1.165) is 43.7 Å². The topological polar surface area (TPSA) is 58.4 Å². The molecule has 2 heterocycles. The molecule has 0 unspecified atom stereocenters. The molecule has 0 atom stereocenters. The number of nitrogens with zero attached hydrogens (tertiary/aromatic N) is 3. The first-order chi connectivity index (χ1) is 7.63. The molecule has 0 bridgehead atoms. The molecule has 0 aliphatic carbocycles. The van der Waals surface area contributed by atoms with Crippen molar-refractivity contribution in [1.82, 2.24) is 14.7 Å². The number of carbonyl (C=O) groups is 1. The van der Waals surface area contributed by atoms with Crippen molar-refractivity contribution in [2.75, 3.05) is 13.1 Å². The van der Waals surface area contributed by atoms with E-state index in [1.165, 1.54) is 0 Å². The summed E-state index contributed by atoms with van der Waals surface area (Å²) in [7, 11) is 1.82. The molecule has 1 aliphatic rings. The summed E-state index contributed by atoms with van der Waals surface area (Å²) in [5.74, 6) is -0.916. The van der Waals surface area contributed by atoms with Crippen LogP contribution in [0, 0.1) is 0 Å². The van der Waals surface area contributed by atoms with Crippen LogP contribution in [0.4, 0.5) is 0 Å². The number of hydrogen-bond acceptors (Lipinski definition) is 3. The lowest BCUT2D eigenvalue weighted by molar-refractivity contribution is 0.0688. The summed E-state index contributed by atoms with van der Waals surface area (Å²) in [6.07, 6.45) is 1.92. The van der Waals surface area contributed by atoms with Crippen LogP contribution in [0.5, 0.6) is 0 Å². The molecule has 16 heavy (non-hydrogen) atoms. The lowest BCUT2D eigenvalue weighted by atomic mass is 10.0. The van der Waals surface area contributed by atoms with Crippen LogP contribution in [0.2, 0.25) is 0 Å². The van der Waals surface area contributed by atoms with Crippen LogP contribution in [0.1, 0.15) is 35.1 Å². The van der Waals surface area contributed by atoms with E-state index in [4.69, 9.17) is 5.11 Å². The van der Waals surface area contributed by atoms with Gasteiger partial charge in [-0.3, -0.25) is 9.58 Å². The van der Waals surface area contributed by atoms with Crippen molar-refractivity contribution in [3.63, 3.8) is 0 Å². The van der Waals surface area contributed by atoms with Gasteiger partial charge in [-0.05, 0) is 19.4 Å². The zero-order valence-corrected chi connectivity index (χ0v) is 9.73. The molecule has 0 radical (unpaired) electrons. The molecule has 2 rings (SSSR count). The second-order valence-corrected chi connectivity index (χ2v) is 4.23. The van der Waals surface area contributed by atoms with Gasteiger partial charge in [-0.2, -0.15) is 5.10 Å². The van der Waals surface area contributed by atoms with Crippen molar-refractivity contribution in [3.8, 4) is 0 Å². The summed E-state index contributed by atoms with van der Waals surface area (Å²) in [6.45, 7) is 4.97. The fourth-order valence-corrected chi connectivity index (χ4v) is 2.30. The van der Waals surface area contributed by atoms with Crippen LogP contribution in [-0.4, -0.2) is 38.8 Å². The van der Waals surface area contributed by atoms with E-state index in [0.29, 0.717) is 0 Å². The van der Waals surface area contributed by atoms with E-state index in [-0.39, 0.29) is 5.69 Å². The number of aryl methyl sites for hydroxylation is 1. The second-order valence-electron chi connectivity index (χ2n) is 4.23. The summed E-state index contributed by atoms with van der Waals surface area (Å²) < 4.78 is 1.71. The molecular weight excluding hydrogens is 206 g/mol. The van der Waals surface area contributed by atoms with Crippen molar-refractivity contribution < 1.29 is 9.90 Å². The van der Waals surface area contributed by atoms with Crippen molar-refractivity contribution >= 4 is 5.97 Å². The van der Waals surface area contributed by atoms with Crippen molar-refractivity contribution in [2.45, 2.75) is 26.3 Å². The molecule has 1 aromatic rings. The maximum absolute atomic E-state index is 11.0. The Bertz CT molecular complexity index is 412. The largest absolute Gasteiger partial charge is 0.476 e. The Labute approximate surface area is 94.7 Å². The van der Waals surface area contributed by atoms with Gasteiger partial charge in [-0.1, -0.05) is 6.92 Å². The SMILES string of the molecule is CCCN1CCc2c(C(=O)O)nn(C)c2C1. The smallest absolute Gasteiger partial charge is 0.356 e. The maximum atomic E-state index is 11.0. The fourth-order valence-electron chi connectivity index (χ4n) is 2.30. The summed E-state index contributed by atoms with van der Waals surface area (Å²) in [6, 6.07) is 0. The number of carboxylic acid groups (broad SMARTS) is 1. The molecule has 0 fully saturated rings. The van der Waals surface area contributed by atoms with Gasteiger partial charge in [0.05, 0.1) is 5.69 Å². The molecular formula is C11H17N3O2. The van der Waals surface area contributed by atoms with E-state index >= 15 is 0 Å². The van der Waals surface area contributed by atoms with Crippen molar-refractivity contribution in [3.05, 3.63) is 17.0 Å². The third kappa shape index (κ3) is 1.82. The molecule has 1 aromatic heterocycles. The maximum Gasteiger partial charge on any atom is 0.356 e. The lowest BCUT2D eigenvalue weighted by Crippen LogP contribution is -2.32. The van der Waals surface area contributed by atoms with Gasteiger partial charge in [0.15, 0.2) is 5.69 Å². The van der Waals surface area contributed by atoms with Crippen LogP contribution >= 0.6 is 0 Å². The number of fused-ring (bicyclic) bond motifs is 1.